The molecular formula is C13H27B. The molecular weight excluding hydrogens is 167 g/mol. The molecule has 1 aliphatic rings. The lowest BCUT2D eigenvalue weighted by molar-refractivity contribution is 0.177. The van der Waals surface area contributed by atoms with Gasteiger partial charge in [0, 0.05) is 0 Å². The van der Waals surface area contributed by atoms with Gasteiger partial charge < -0.3 is 0 Å². The van der Waals surface area contributed by atoms with Crippen molar-refractivity contribution in [2.45, 2.75) is 66.9 Å². The molecule has 1 heteroatoms. The van der Waals surface area contributed by atoms with E-state index in [4.69, 9.17) is 0 Å². The smallest absolute Gasteiger partial charge is 0.0688 e. The average Bonchev–Trinajstić information content (AvgIpc) is 2.20. The van der Waals surface area contributed by atoms with E-state index in [9.17, 15) is 0 Å². The minimum atomic E-state index is 0.529. The van der Waals surface area contributed by atoms with Crippen LogP contribution in [0.3, 0.4) is 0 Å². The first-order valence-electron chi connectivity index (χ1n) is 6.17. The standard InChI is InChI=1S/C13H27B/c1-10(2)11(3)14-8-12(4,5)13(6,7)9-14/h10-11H,8-9H2,1-7H3. The normalized spacial score (nSPS) is 27.0. The van der Waals surface area contributed by atoms with E-state index in [1.54, 1.807) is 0 Å². The Morgan fingerprint density at radius 3 is 1.50 bits per heavy atom. The number of rotatable bonds is 2. The first kappa shape index (κ1) is 12.1. The summed E-state index contributed by atoms with van der Waals surface area (Å²) in [6, 6.07) is 0. The van der Waals surface area contributed by atoms with E-state index in [0.717, 1.165) is 18.4 Å². The summed E-state index contributed by atoms with van der Waals surface area (Å²) in [7, 11) is 0. The predicted octanol–water partition coefficient (Wildman–Crippen LogP) is 4.59. The average molecular weight is 194 g/mol. The van der Waals surface area contributed by atoms with Gasteiger partial charge in [0.05, 0.1) is 0 Å². The topological polar surface area (TPSA) is 0 Å². The molecule has 0 radical (unpaired) electrons. The van der Waals surface area contributed by atoms with Crippen LogP contribution in [0.2, 0.25) is 18.5 Å². The summed E-state index contributed by atoms with van der Waals surface area (Å²) in [5.41, 5.74) is 1.06. The van der Waals surface area contributed by atoms with Gasteiger partial charge >= 0.3 is 0 Å². The molecule has 0 spiro atoms. The van der Waals surface area contributed by atoms with Crippen LogP contribution in [0.25, 0.3) is 0 Å². The fourth-order valence-corrected chi connectivity index (χ4v) is 2.85. The molecule has 0 saturated carbocycles. The fourth-order valence-electron chi connectivity index (χ4n) is 2.85. The second-order valence-electron chi connectivity index (χ2n) is 7.04. The molecule has 0 N–H and O–H groups in total. The van der Waals surface area contributed by atoms with Crippen molar-refractivity contribution in [1.29, 1.82) is 0 Å². The molecule has 0 amide bonds. The maximum atomic E-state index is 2.44. The lowest BCUT2D eigenvalue weighted by atomic mass is 9.37. The van der Waals surface area contributed by atoms with Crippen molar-refractivity contribution < 1.29 is 0 Å². The quantitative estimate of drug-likeness (QED) is 0.564. The van der Waals surface area contributed by atoms with Crippen LogP contribution in [0.1, 0.15) is 48.5 Å². The third-order valence-electron chi connectivity index (χ3n) is 5.17. The third-order valence-corrected chi connectivity index (χ3v) is 5.17. The second-order valence-corrected chi connectivity index (χ2v) is 7.04. The van der Waals surface area contributed by atoms with Crippen molar-refractivity contribution >= 4 is 6.71 Å². The van der Waals surface area contributed by atoms with Gasteiger partial charge in [-0.05, 0) is 10.8 Å². The van der Waals surface area contributed by atoms with E-state index >= 15 is 0 Å². The van der Waals surface area contributed by atoms with E-state index in [2.05, 4.69) is 48.5 Å². The highest BCUT2D eigenvalue weighted by atomic mass is 14.4. The lowest BCUT2D eigenvalue weighted by Crippen LogP contribution is -2.24. The number of hydrogen-bond donors (Lipinski definition) is 0. The van der Waals surface area contributed by atoms with Crippen LogP contribution in [0.5, 0.6) is 0 Å². The van der Waals surface area contributed by atoms with E-state index in [0.29, 0.717) is 10.8 Å². The molecule has 0 aromatic heterocycles. The maximum Gasteiger partial charge on any atom is 0.144 e. The van der Waals surface area contributed by atoms with Gasteiger partial charge in [-0.1, -0.05) is 72.8 Å². The summed E-state index contributed by atoms with van der Waals surface area (Å²) in [6.07, 6.45) is 2.83. The molecule has 0 aliphatic carbocycles. The lowest BCUT2D eigenvalue weighted by Gasteiger charge is -2.35. The molecule has 1 rings (SSSR count). The van der Waals surface area contributed by atoms with Crippen LogP contribution < -0.4 is 0 Å². The van der Waals surface area contributed by atoms with Crippen LogP contribution in [0.15, 0.2) is 0 Å². The summed E-state index contributed by atoms with van der Waals surface area (Å²) in [5.74, 6) is 1.72. The minimum absolute atomic E-state index is 0.529. The summed E-state index contributed by atoms with van der Waals surface area (Å²) < 4.78 is 0. The zero-order valence-electron chi connectivity index (χ0n) is 11.1. The van der Waals surface area contributed by atoms with E-state index in [1.807, 2.05) is 0 Å². The molecule has 0 aromatic rings. The van der Waals surface area contributed by atoms with Gasteiger partial charge in [-0.3, -0.25) is 0 Å². The molecule has 0 nitrogen and oxygen atoms in total. The Labute approximate surface area is 90.9 Å². The van der Waals surface area contributed by atoms with Crippen molar-refractivity contribution in [3.05, 3.63) is 0 Å². The van der Waals surface area contributed by atoms with Crippen LogP contribution in [-0.2, 0) is 0 Å². The summed E-state index contributed by atoms with van der Waals surface area (Å²) in [5, 5.41) is 0. The molecule has 82 valence electrons. The maximum absolute atomic E-state index is 2.44. The van der Waals surface area contributed by atoms with Gasteiger partial charge in [0.2, 0.25) is 0 Å². The molecule has 0 bridgehead atoms. The Morgan fingerprint density at radius 1 is 0.857 bits per heavy atom. The molecule has 1 heterocycles. The highest BCUT2D eigenvalue weighted by Gasteiger charge is 2.49. The van der Waals surface area contributed by atoms with E-state index in [1.165, 1.54) is 12.6 Å². The van der Waals surface area contributed by atoms with E-state index in [-0.39, 0.29) is 0 Å². The molecule has 1 atom stereocenters. The van der Waals surface area contributed by atoms with Gasteiger partial charge in [-0.25, -0.2) is 0 Å². The summed E-state index contributed by atoms with van der Waals surface area (Å²) in [4.78, 5) is 0. The molecule has 0 aromatic carbocycles. The zero-order valence-corrected chi connectivity index (χ0v) is 11.1. The van der Waals surface area contributed by atoms with Crippen LogP contribution in [-0.4, -0.2) is 6.71 Å². The first-order valence-corrected chi connectivity index (χ1v) is 6.17. The number of hydrogen-bond acceptors (Lipinski definition) is 0. The Hall–Kier alpha value is 0.0649. The largest absolute Gasteiger partial charge is 0.144 e. The highest BCUT2D eigenvalue weighted by Crippen LogP contribution is 2.55. The SMILES string of the molecule is CC(C)C(C)B1CC(C)(C)C(C)(C)C1. The molecule has 1 unspecified atom stereocenters. The molecule has 1 aliphatic heterocycles. The molecule has 1 fully saturated rings. The summed E-state index contributed by atoms with van der Waals surface area (Å²) >= 11 is 0. The Bertz CT molecular complexity index is 187. The van der Waals surface area contributed by atoms with Gasteiger partial charge in [-0.15, -0.1) is 0 Å². The summed E-state index contributed by atoms with van der Waals surface area (Å²) in [6.45, 7) is 17.9. The third kappa shape index (κ3) is 2.02. The first-order chi connectivity index (χ1) is 6.17. The van der Waals surface area contributed by atoms with Crippen molar-refractivity contribution in [2.75, 3.05) is 0 Å². The van der Waals surface area contributed by atoms with Crippen LogP contribution in [0, 0.1) is 16.7 Å². The Kier molecular flexibility index (Phi) is 3.10. The Balaban J connectivity index is 2.73. The van der Waals surface area contributed by atoms with Gasteiger partial charge in [0.1, 0.15) is 6.71 Å². The van der Waals surface area contributed by atoms with Gasteiger partial charge in [0.25, 0.3) is 0 Å². The highest BCUT2D eigenvalue weighted by molar-refractivity contribution is 6.61. The van der Waals surface area contributed by atoms with Crippen molar-refractivity contribution in [1.82, 2.24) is 0 Å². The molecule has 1 saturated heterocycles. The fraction of sp³-hybridized carbons (Fsp3) is 1.00. The van der Waals surface area contributed by atoms with Crippen LogP contribution in [0.4, 0.5) is 0 Å². The van der Waals surface area contributed by atoms with Crippen LogP contribution >= 0.6 is 0 Å². The van der Waals surface area contributed by atoms with Gasteiger partial charge in [0.15, 0.2) is 0 Å². The van der Waals surface area contributed by atoms with Crippen molar-refractivity contribution in [3.8, 4) is 0 Å². The Morgan fingerprint density at radius 2 is 1.21 bits per heavy atom. The molecule has 14 heavy (non-hydrogen) atoms. The van der Waals surface area contributed by atoms with Crippen molar-refractivity contribution in [2.24, 2.45) is 16.7 Å². The minimum Gasteiger partial charge on any atom is -0.0688 e. The zero-order chi connectivity index (χ0) is 11.1. The van der Waals surface area contributed by atoms with E-state index < -0.39 is 0 Å². The predicted molar refractivity (Wildman–Crippen MR) is 67.2 cm³/mol. The second kappa shape index (κ2) is 3.57. The van der Waals surface area contributed by atoms with Crippen molar-refractivity contribution in [3.63, 3.8) is 0 Å². The van der Waals surface area contributed by atoms with Gasteiger partial charge in [-0.2, -0.15) is 0 Å². The monoisotopic (exact) mass is 194 g/mol.